The summed E-state index contributed by atoms with van der Waals surface area (Å²) in [5.74, 6) is 0.797. The van der Waals surface area contributed by atoms with E-state index in [1.165, 1.54) is 51.4 Å². The summed E-state index contributed by atoms with van der Waals surface area (Å²) < 4.78 is 5.53. The highest BCUT2D eigenvalue weighted by atomic mass is 16.5. The van der Waals surface area contributed by atoms with E-state index in [1.807, 2.05) is 0 Å². The number of nitrogens with one attached hydrogen (secondary N) is 1. The quantitative estimate of drug-likeness (QED) is 0.571. The zero-order valence-corrected chi connectivity index (χ0v) is 13.6. The van der Waals surface area contributed by atoms with Crippen LogP contribution in [-0.4, -0.2) is 37.0 Å². The molecule has 0 bridgehead atoms. The molecule has 1 fully saturated rings. The minimum atomic E-state index is -0.368. The van der Waals surface area contributed by atoms with Crippen molar-refractivity contribution < 1.29 is 9.84 Å². The Kier molecular flexibility index (Phi) is 10.3. The molecule has 0 aromatic carbocycles. The second-order valence-electron chi connectivity index (χ2n) is 6.38. The van der Waals surface area contributed by atoms with Crippen LogP contribution < -0.4 is 5.32 Å². The number of aliphatic hydroxyl groups is 1. The van der Waals surface area contributed by atoms with Gasteiger partial charge in [-0.1, -0.05) is 45.4 Å². The Labute approximate surface area is 125 Å². The molecule has 0 aromatic heterocycles. The van der Waals surface area contributed by atoms with Crippen molar-refractivity contribution in [2.75, 3.05) is 19.8 Å². The third-order valence-corrected chi connectivity index (χ3v) is 4.48. The van der Waals surface area contributed by atoms with Crippen molar-refractivity contribution in [3.63, 3.8) is 0 Å². The molecule has 0 aliphatic heterocycles. The molecule has 0 spiro atoms. The van der Waals surface area contributed by atoms with Crippen molar-refractivity contribution in [3.05, 3.63) is 0 Å². The van der Waals surface area contributed by atoms with Crippen LogP contribution in [-0.2, 0) is 4.74 Å². The fourth-order valence-electron chi connectivity index (χ4n) is 3.03. The number of unbranched alkanes of at least 4 members (excludes halogenated alkanes) is 3. The fourth-order valence-corrected chi connectivity index (χ4v) is 3.03. The van der Waals surface area contributed by atoms with Crippen molar-refractivity contribution >= 4 is 0 Å². The van der Waals surface area contributed by atoms with Crippen LogP contribution >= 0.6 is 0 Å². The normalized spacial score (nSPS) is 19.9. The molecular formula is C17H35NO2. The SMILES string of the molecule is CCCCCCOCC(O)CN[C@@H](C)C1CCCCC1. The van der Waals surface area contributed by atoms with Crippen LogP contribution in [0.3, 0.4) is 0 Å². The molecular weight excluding hydrogens is 250 g/mol. The monoisotopic (exact) mass is 285 g/mol. The zero-order valence-electron chi connectivity index (χ0n) is 13.6. The molecule has 1 aliphatic rings. The average Bonchev–Trinajstić information content (AvgIpc) is 2.49. The number of hydrogen-bond donors (Lipinski definition) is 2. The van der Waals surface area contributed by atoms with Gasteiger partial charge in [-0.15, -0.1) is 0 Å². The Bertz CT molecular complexity index is 217. The van der Waals surface area contributed by atoms with Gasteiger partial charge in [-0.25, -0.2) is 0 Å². The smallest absolute Gasteiger partial charge is 0.0897 e. The van der Waals surface area contributed by atoms with Gasteiger partial charge in [-0.3, -0.25) is 0 Å². The molecule has 2 N–H and O–H groups in total. The van der Waals surface area contributed by atoms with Crippen molar-refractivity contribution in [2.45, 2.75) is 83.8 Å². The summed E-state index contributed by atoms with van der Waals surface area (Å²) in [5, 5.41) is 13.4. The van der Waals surface area contributed by atoms with E-state index in [9.17, 15) is 5.11 Å². The zero-order chi connectivity index (χ0) is 14.6. The Balaban J connectivity index is 1.97. The predicted molar refractivity (Wildman–Crippen MR) is 85.0 cm³/mol. The molecule has 1 unspecified atom stereocenters. The van der Waals surface area contributed by atoms with Crippen molar-refractivity contribution in [1.29, 1.82) is 0 Å². The van der Waals surface area contributed by atoms with E-state index < -0.39 is 0 Å². The van der Waals surface area contributed by atoms with Gasteiger partial charge in [0.1, 0.15) is 0 Å². The molecule has 2 atom stereocenters. The van der Waals surface area contributed by atoms with Crippen LogP contribution in [0, 0.1) is 5.92 Å². The third kappa shape index (κ3) is 8.23. The Hall–Kier alpha value is -0.120. The van der Waals surface area contributed by atoms with Gasteiger partial charge in [-0.2, -0.15) is 0 Å². The molecule has 120 valence electrons. The summed E-state index contributed by atoms with van der Waals surface area (Å²) in [7, 11) is 0. The molecule has 20 heavy (non-hydrogen) atoms. The summed E-state index contributed by atoms with van der Waals surface area (Å²) in [6, 6.07) is 0.523. The van der Waals surface area contributed by atoms with Gasteiger partial charge in [0.25, 0.3) is 0 Å². The Morgan fingerprint density at radius 3 is 2.60 bits per heavy atom. The molecule has 1 aliphatic carbocycles. The first-order valence-corrected chi connectivity index (χ1v) is 8.73. The first-order valence-electron chi connectivity index (χ1n) is 8.73. The van der Waals surface area contributed by atoms with E-state index >= 15 is 0 Å². The van der Waals surface area contributed by atoms with E-state index in [1.54, 1.807) is 0 Å². The minimum absolute atomic E-state index is 0.368. The van der Waals surface area contributed by atoms with Crippen molar-refractivity contribution in [2.24, 2.45) is 5.92 Å². The molecule has 3 heteroatoms. The van der Waals surface area contributed by atoms with E-state index in [0.717, 1.165) is 18.9 Å². The maximum absolute atomic E-state index is 9.91. The highest BCUT2D eigenvalue weighted by Gasteiger charge is 2.20. The number of aliphatic hydroxyl groups excluding tert-OH is 1. The van der Waals surface area contributed by atoms with E-state index in [0.29, 0.717) is 19.2 Å². The van der Waals surface area contributed by atoms with Gasteiger partial charge < -0.3 is 15.2 Å². The highest BCUT2D eigenvalue weighted by molar-refractivity contribution is 4.76. The van der Waals surface area contributed by atoms with Crippen molar-refractivity contribution in [1.82, 2.24) is 5.32 Å². The summed E-state index contributed by atoms with van der Waals surface area (Å²) in [6.45, 7) is 6.39. The predicted octanol–water partition coefficient (Wildman–Crippen LogP) is 3.50. The fraction of sp³-hybridized carbons (Fsp3) is 1.00. The van der Waals surface area contributed by atoms with Crippen LogP contribution in [0.1, 0.15) is 71.6 Å². The maximum atomic E-state index is 9.91. The van der Waals surface area contributed by atoms with Crippen LogP contribution in [0.2, 0.25) is 0 Å². The van der Waals surface area contributed by atoms with Gasteiger partial charge in [0, 0.05) is 19.2 Å². The molecule has 1 rings (SSSR count). The summed E-state index contributed by atoms with van der Waals surface area (Å²) >= 11 is 0. The number of hydrogen-bond acceptors (Lipinski definition) is 3. The highest BCUT2D eigenvalue weighted by Crippen LogP contribution is 2.26. The van der Waals surface area contributed by atoms with E-state index in [4.69, 9.17) is 4.74 Å². The van der Waals surface area contributed by atoms with Gasteiger partial charge in [0.15, 0.2) is 0 Å². The minimum Gasteiger partial charge on any atom is -0.389 e. The van der Waals surface area contributed by atoms with Gasteiger partial charge in [0.05, 0.1) is 12.7 Å². The lowest BCUT2D eigenvalue weighted by Crippen LogP contribution is -2.40. The molecule has 0 aromatic rings. The summed E-state index contributed by atoms with van der Waals surface area (Å²) in [5.41, 5.74) is 0. The topological polar surface area (TPSA) is 41.5 Å². The molecule has 1 saturated carbocycles. The first kappa shape index (κ1) is 17.9. The lowest BCUT2D eigenvalue weighted by molar-refractivity contribution is 0.0330. The van der Waals surface area contributed by atoms with Crippen molar-refractivity contribution in [3.8, 4) is 0 Å². The summed E-state index contributed by atoms with van der Waals surface area (Å²) in [6.07, 6.45) is 11.4. The van der Waals surface area contributed by atoms with Gasteiger partial charge in [-0.05, 0) is 32.1 Å². The molecule has 0 amide bonds. The number of ether oxygens (including phenoxy) is 1. The van der Waals surface area contributed by atoms with Crippen LogP contribution in [0.5, 0.6) is 0 Å². The van der Waals surface area contributed by atoms with Crippen LogP contribution in [0.25, 0.3) is 0 Å². The third-order valence-electron chi connectivity index (χ3n) is 4.48. The maximum Gasteiger partial charge on any atom is 0.0897 e. The Morgan fingerprint density at radius 2 is 1.90 bits per heavy atom. The lowest BCUT2D eigenvalue weighted by Gasteiger charge is -2.29. The second kappa shape index (κ2) is 11.5. The first-order chi connectivity index (χ1) is 9.74. The molecule has 0 radical (unpaired) electrons. The van der Waals surface area contributed by atoms with E-state index in [2.05, 4.69) is 19.2 Å². The van der Waals surface area contributed by atoms with Gasteiger partial charge in [0.2, 0.25) is 0 Å². The van der Waals surface area contributed by atoms with Crippen LogP contribution in [0.4, 0.5) is 0 Å². The van der Waals surface area contributed by atoms with Crippen LogP contribution in [0.15, 0.2) is 0 Å². The molecule has 0 heterocycles. The second-order valence-corrected chi connectivity index (χ2v) is 6.38. The summed E-state index contributed by atoms with van der Waals surface area (Å²) in [4.78, 5) is 0. The van der Waals surface area contributed by atoms with E-state index in [-0.39, 0.29) is 6.10 Å². The van der Waals surface area contributed by atoms with Gasteiger partial charge >= 0.3 is 0 Å². The standard InChI is InChI=1S/C17H35NO2/c1-3-4-5-9-12-20-14-17(19)13-18-15(2)16-10-7-6-8-11-16/h15-19H,3-14H2,1-2H3/t15-,17?/m0/s1. The number of rotatable bonds is 11. The Morgan fingerprint density at radius 1 is 1.15 bits per heavy atom. The lowest BCUT2D eigenvalue weighted by atomic mass is 9.84. The largest absolute Gasteiger partial charge is 0.389 e. The molecule has 3 nitrogen and oxygen atoms in total. The average molecular weight is 285 g/mol. The molecule has 0 saturated heterocycles.